The highest BCUT2D eigenvalue weighted by molar-refractivity contribution is 7.32. The lowest BCUT2D eigenvalue weighted by molar-refractivity contribution is -0.139. The maximum atomic E-state index is 9.65. The Morgan fingerprint density at radius 1 is 1.69 bits per heavy atom. The zero-order valence-electron chi connectivity index (χ0n) is 7.08. The summed E-state index contributed by atoms with van der Waals surface area (Å²) >= 11 is 0. The average molecular weight is 214 g/mol. The Kier molecular flexibility index (Phi) is 10.9. The maximum absolute atomic E-state index is 9.65. The molecule has 0 amide bonds. The molecule has 0 heterocycles. The number of rotatable bonds is 4. The summed E-state index contributed by atoms with van der Waals surface area (Å²) in [5, 5.41) is 15.9. The number of carbonyl (C=O) groups is 1. The van der Waals surface area contributed by atoms with Crippen LogP contribution in [0.2, 0.25) is 0 Å². The molecule has 0 saturated heterocycles. The maximum Gasteiger partial charge on any atom is 0.694 e. The molecular formula is C5H13NO6P+. The molecule has 0 aromatic rings. The van der Waals surface area contributed by atoms with Crippen molar-refractivity contribution in [3.05, 3.63) is 0 Å². The molecule has 1 unspecified atom stereocenters. The van der Waals surface area contributed by atoms with E-state index in [-0.39, 0.29) is 0 Å². The van der Waals surface area contributed by atoms with E-state index in [4.69, 9.17) is 20.8 Å². The first-order chi connectivity index (χ1) is 5.95. The van der Waals surface area contributed by atoms with E-state index < -0.39 is 26.9 Å². The van der Waals surface area contributed by atoms with Gasteiger partial charge in [-0.05, 0) is 6.92 Å². The Bertz CT molecular complexity index is 163. The minimum absolute atomic E-state index is 0.297. The van der Waals surface area contributed by atoms with Crippen LogP contribution in [0.5, 0.6) is 0 Å². The van der Waals surface area contributed by atoms with Gasteiger partial charge in [-0.1, -0.05) is 0 Å². The van der Waals surface area contributed by atoms with Crippen LogP contribution in [0, 0.1) is 0 Å². The van der Waals surface area contributed by atoms with Crippen LogP contribution in [0.3, 0.4) is 0 Å². The fraction of sp³-hybridized carbons (Fsp3) is 0.800. The van der Waals surface area contributed by atoms with Crippen molar-refractivity contribution in [2.45, 2.75) is 13.0 Å². The summed E-state index contributed by atoms with van der Waals surface area (Å²) < 4.78 is 13.6. The third-order valence-corrected chi connectivity index (χ3v) is 1.23. The van der Waals surface area contributed by atoms with E-state index in [2.05, 4.69) is 4.52 Å². The summed E-state index contributed by atoms with van der Waals surface area (Å²) in [5.41, 5.74) is 4.77. The summed E-state index contributed by atoms with van der Waals surface area (Å²) in [6.45, 7) is 1.45. The zero-order valence-corrected chi connectivity index (χ0v) is 7.98. The Balaban J connectivity index is 0. The predicted octanol–water partition coefficient (Wildman–Crippen LogP) is -0.937. The van der Waals surface area contributed by atoms with Crippen molar-refractivity contribution in [2.75, 3.05) is 13.2 Å². The Hall–Kier alpha value is -0.590. The number of hydrogen-bond donors (Lipinski definition) is 4. The highest BCUT2D eigenvalue weighted by Crippen LogP contribution is 2.12. The van der Waals surface area contributed by atoms with Crippen LogP contribution < -0.4 is 5.73 Å². The Labute approximate surface area is 76.1 Å². The molecule has 0 radical (unpaired) electrons. The Morgan fingerprint density at radius 2 is 2.15 bits per heavy atom. The summed E-state index contributed by atoms with van der Waals surface area (Å²) in [6, 6.07) is -1.13. The van der Waals surface area contributed by atoms with Crippen LogP contribution in [-0.4, -0.2) is 40.3 Å². The number of aliphatic hydroxyl groups excluding tert-OH is 1. The second-order valence-corrected chi connectivity index (χ2v) is 2.52. The lowest BCUT2D eigenvalue weighted by Gasteiger charge is -1.96. The Morgan fingerprint density at radius 3 is 2.15 bits per heavy atom. The van der Waals surface area contributed by atoms with Gasteiger partial charge in [0.15, 0.2) is 0 Å². The highest BCUT2D eigenvalue weighted by atomic mass is 31.1. The molecule has 78 valence electrons. The minimum Gasteiger partial charge on any atom is -0.480 e. The van der Waals surface area contributed by atoms with Crippen molar-refractivity contribution in [3.63, 3.8) is 0 Å². The topological polar surface area (TPSA) is 130 Å². The molecule has 13 heavy (non-hydrogen) atoms. The number of carboxylic acids is 1. The molecule has 5 N–H and O–H groups in total. The fourth-order valence-corrected chi connectivity index (χ4v) is 0.409. The van der Waals surface area contributed by atoms with E-state index in [1.807, 2.05) is 0 Å². The number of aliphatic carboxylic acids is 1. The first kappa shape index (κ1) is 14.9. The van der Waals surface area contributed by atoms with Crippen molar-refractivity contribution in [1.82, 2.24) is 0 Å². The van der Waals surface area contributed by atoms with Gasteiger partial charge in [0.25, 0.3) is 0 Å². The molecule has 0 aliphatic rings. The first-order valence-corrected chi connectivity index (χ1v) is 4.47. The normalized spacial score (nSPS) is 12.5. The third-order valence-electron chi connectivity index (χ3n) is 0.753. The van der Waals surface area contributed by atoms with Crippen LogP contribution in [0.25, 0.3) is 0 Å². The monoisotopic (exact) mass is 214 g/mol. The number of aliphatic hydroxyl groups is 1. The number of carboxylic acid groups (broad SMARTS) is 1. The summed E-state index contributed by atoms with van der Waals surface area (Å²) in [7, 11) is -2.35. The van der Waals surface area contributed by atoms with Gasteiger partial charge in [0, 0.05) is 4.57 Å². The van der Waals surface area contributed by atoms with Gasteiger partial charge in [-0.2, -0.15) is 0 Å². The molecule has 0 bridgehead atoms. The largest absolute Gasteiger partial charge is 0.694 e. The van der Waals surface area contributed by atoms with Gasteiger partial charge < -0.3 is 15.9 Å². The first-order valence-electron chi connectivity index (χ1n) is 3.34. The van der Waals surface area contributed by atoms with Crippen LogP contribution >= 0.6 is 8.25 Å². The van der Waals surface area contributed by atoms with E-state index in [1.54, 1.807) is 6.92 Å². The van der Waals surface area contributed by atoms with Crippen molar-refractivity contribution in [3.8, 4) is 0 Å². The fourth-order valence-electron chi connectivity index (χ4n) is 0.189. The van der Waals surface area contributed by atoms with Gasteiger partial charge in [0.05, 0.1) is 6.61 Å². The van der Waals surface area contributed by atoms with Gasteiger partial charge in [0.2, 0.25) is 0 Å². The molecule has 7 nitrogen and oxygen atoms in total. The molecule has 0 aromatic carbocycles. The smallest absolute Gasteiger partial charge is 0.480 e. The SMILES string of the molecule is CCO[P+](=O)O.N[C@@H](CO)C(=O)O. The van der Waals surface area contributed by atoms with E-state index in [9.17, 15) is 9.36 Å². The van der Waals surface area contributed by atoms with Crippen LogP contribution in [0.15, 0.2) is 0 Å². The molecule has 0 rings (SSSR count). The molecule has 0 aliphatic carbocycles. The van der Waals surface area contributed by atoms with Crippen molar-refractivity contribution in [2.24, 2.45) is 5.73 Å². The number of hydrogen-bond acceptors (Lipinski definition) is 5. The van der Waals surface area contributed by atoms with Gasteiger partial charge in [-0.15, -0.1) is 9.42 Å². The van der Waals surface area contributed by atoms with Crippen LogP contribution in [0.4, 0.5) is 0 Å². The van der Waals surface area contributed by atoms with Crippen LogP contribution in [-0.2, 0) is 13.9 Å². The second-order valence-electron chi connectivity index (χ2n) is 1.78. The van der Waals surface area contributed by atoms with E-state index in [0.29, 0.717) is 6.61 Å². The third kappa shape index (κ3) is 14.3. The predicted molar refractivity (Wildman–Crippen MR) is 44.1 cm³/mol. The molecule has 0 aromatic heterocycles. The highest BCUT2D eigenvalue weighted by Gasteiger charge is 2.07. The lowest BCUT2D eigenvalue weighted by Crippen LogP contribution is -2.33. The zero-order chi connectivity index (χ0) is 10.9. The van der Waals surface area contributed by atoms with E-state index in [0.717, 1.165) is 0 Å². The van der Waals surface area contributed by atoms with Crippen molar-refractivity contribution >= 4 is 14.2 Å². The lowest BCUT2D eigenvalue weighted by atomic mass is 10.3. The number of nitrogens with two attached hydrogens (primary N) is 1. The molecular weight excluding hydrogens is 201 g/mol. The van der Waals surface area contributed by atoms with Crippen molar-refractivity contribution < 1.29 is 29.0 Å². The molecule has 0 aliphatic heterocycles. The minimum atomic E-state index is -2.35. The van der Waals surface area contributed by atoms with E-state index in [1.165, 1.54) is 0 Å². The average Bonchev–Trinajstić information content (AvgIpc) is 2.03. The summed E-state index contributed by atoms with van der Waals surface area (Å²) in [5.74, 6) is -1.18. The molecule has 0 saturated carbocycles. The van der Waals surface area contributed by atoms with Crippen LogP contribution in [0.1, 0.15) is 6.92 Å². The summed E-state index contributed by atoms with van der Waals surface area (Å²) in [4.78, 5) is 17.5. The summed E-state index contributed by atoms with van der Waals surface area (Å²) in [6.07, 6.45) is 0. The van der Waals surface area contributed by atoms with Crippen molar-refractivity contribution in [1.29, 1.82) is 0 Å². The van der Waals surface area contributed by atoms with E-state index >= 15 is 0 Å². The van der Waals surface area contributed by atoms with Gasteiger partial charge in [-0.25, -0.2) is 0 Å². The second kappa shape index (κ2) is 9.50. The molecule has 0 fully saturated rings. The van der Waals surface area contributed by atoms with Gasteiger partial charge in [0.1, 0.15) is 12.6 Å². The quantitative estimate of drug-likeness (QED) is 0.444. The standard InChI is InChI=1S/C3H7NO3.C2H5O3P/c4-2(1-5)3(6)7;1-2-5-6(3)4/h2,5H,1,4H2,(H,6,7);2H2,1H3/p+1/t2-;/m0./s1. The van der Waals surface area contributed by atoms with Gasteiger partial charge in [-0.3, -0.25) is 4.79 Å². The molecule has 8 heteroatoms. The molecule has 0 spiro atoms. The van der Waals surface area contributed by atoms with Gasteiger partial charge >= 0.3 is 14.2 Å². The molecule has 2 atom stereocenters.